The lowest BCUT2D eigenvalue weighted by Crippen LogP contribution is -2.36. The summed E-state index contributed by atoms with van der Waals surface area (Å²) in [4.78, 5) is 14.9. The Balaban J connectivity index is 1.50. The predicted octanol–water partition coefficient (Wildman–Crippen LogP) is 3.85. The first-order chi connectivity index (χ1) is 15.4. The van der Waals surface area contributed by atoms with E-state index in [1.165, 1.54) is 12.1 Å². The van der Waals surface area contributed by atoms with Crippen LogP contribution in [0.25, 0.3) is 0 Å². The first-order valence-corrected chi connectivity index (χ1v) is 10.9. The zero-order chi connectivity index (χ0) is 22.7. The van der Waals surface area contributed by atoms with Gasteiger partial charge in [0.2, 0.25) is 0 Å². The fourth-order valence-electron chi connectivity index (χ4n) is 4.51. The molecule has 0 radical (unpaired) electrons. The Morgan fingerprint density at radius 3 is 2.75 bits per heavy atom. The second-order valence-corrected chi connectivity index (χ2v) is 8.22. The van der Waals surface area contributed by atoms with Gasteiger partial charge in [-0.05, 0) is 38.2 Å². The minimum absolute atomic E-state index is 0.0213. The van der Waals surface area contributed by atoms with Crippen LogP contribution in [0, 0.1) is 0 Å². The summed E-state index contributed by atoms with van der Waals surface area (Å²) in [6.45, 7) is 6.06. The number of nitrogens with one attached hydrogen (secondary N) is 1. The first-order valence-electron chi connectivity index (χ1n) is 10.9. The summed E-state index contributed by atoms with van der Waals surface area (Å²) in [5, 5.41) is 7.97. The Hall–Kier alpha value is -2.81. The maximum absolute atomic E-state index is 13.1. The van der Waals surface area contributed by atoms with Crippen LogP contribution in [0.2, 0.25) is 0 Å². The molecule has 6 nitrogen and oxygen atoms in total. The van der Waals surface area contributed by atoms with E-state index < -0.39 is 6.36 Å². The van der Waals surface area contributed by atoms with Gasteiger partial charge in [-0.1, -0.05) is 24.3 Å². The zero-order valence-corrected chi connectivity index (χ0v) is 17.8. The molecular formula is C23H27F3N4O2. The summed E-state index contributed by atoms with van der Waals surface area (Å²) in [6, 6.07) is 6.16. The second-order valence-electron chi connectivity index (χ2n) is 8.22. The van der Waals surface area contributed by atoms with Crippen LogP contribution in [0.5, 0.6) is 5.75 Å². The Kier molecular flexibility index (Phi) is 6.55. The second kappa shape index (κ2) is 9.36. The topological polar surface area (TPSA) is 59.4 Å². The number of fused-ring (bicyclic) bond motifs is 1. The van der Waals surface area contributed by atoms with Gasteiger partial charge in [-0.3, -0.25) is 9.48 Å². The summed E-state index contributed by atoms with van der Waals surface area (Å²) in [7, 11) is 0. The molecule has 1 aliphatic heterocycles. The number of para-hydroxylation sites is 1. The number of halogens is 3. The molecule has 4 rings (SSSR count). The van der Waals surface area contributed by atoms with Crippen LogP contribution in [0.4, 0.5) is 13.2 Å². The number of hydrogen-bond donors (Lipinski definition) is 1. The van der Waals surface area contributed by atoms with Gasteiger partial charge in [0, 0.05) is 42.5 Å². The van der Waals surface area contributed by atoms with Crippen molar-refractivity contribution in [3.8, 4) is 5.75 Å². The van der Waals surface area contributed by atoms with Crippen LogP contribution in [0.3, 0.4) is 0 Å². The molecule has 32 heavy (non-hydrogen) atoms. The fraction of sp³-hybridized carbons (Fsp3) is 0.478. The lowest BCUT2D eigenvalue weighted by Gasteiger charge is -2.25. The average Bonchev–Trinajstić information content (AvgIpc) is 3.40. The van der Waals surface area contributed by atoms with E-state index in [1.807, 2.05) is 9.58 Å². The molecule has 1 fully saturated rings. The number of alkyl halides is 3. The van der Waals surface area contributed by atoms with E-state index in [4.69, 9.17) is 0 Å². The minimum Gasteiger partial charge on any atom is -0.405 e. The van der Waals surface area contributed by atoms with E-state index in [9.17, 15) is 18.0 Å². The largest absolute Gasteiger partial charge is 0.573 e. The molecule has 1 amide bonds. The number of amides is 1. The van der Waals surface area contributed by atoms with Crippen molar-refractivity contribution in [1.82, 2.24) is 20.0 Å². The van der Waals surface area contributed by atoms with E-state index in [-0.39, 0.29) is 24.2 Å². The normalized spacial score (nSPS) is 18.5. The number of aromatic nitrogens is 2. The van der Waals surface area contributed by atoms with Gasteiger partial charge < -0.3 is 15.0 Å². The first kappa shape index (κ1) is 22.4. The summed E-state index contributed by atoms with van der Waals surface area (Å²) in [6.07, 6.45) is 1.18. The third-order valence-corrected chi connectivity index (χ3v) is 6.02. The minimum atomic E-state index is -4.74. The molecule has 1 aromatic carbocycles. The number of nitrogens with zero attached hydrogens (tertiary/aromatic N) is 3. The van der Waals surface area contributed by atoms with Crippen LogP contribution in [-0.4, -0.2) is 46.1 Å². The molecule has 1 aliphatic carbocycles. The standard InChI is InChI=1S/C23H27F3N4O2/c1-2-11-30-19-10-9-17(14-18(19)21(28-30)22(31)29-12-5-6-13-29)27-15-16-7-3-4-8-20(16)32-23(24,25)26/h2-4,7-8,17,27H,1,5-6,9-15H2/t17-/m0/s1. The van der Waals surface area contributed by atoms with Gasteiger partial charge in [0.1, 0.15) is 5.75 Å². The molecule has 1 N–H and O–H groups in total. The van der Waals surface area contributed by atoms with Gasteiger partial charge in [0.05, 0.1) is 6.54 Å². The van der Waals surface area contributed by atoms with Crippen LogP contribution in [-0.2, 0) is 25.9 Å². The Bertz CT molecular complexity index is 980. The van der Waals surface area contributed by atoms with Crippen molar-refractivity contribution in [1.29, 1.82) is 0 Å². The molecule has 0 bridgehead atoms. The van der Waals surface area contributed by atoms with E-state index in [1.54, 1.807) is 18.2 Å². The van der Waals surface area contributed by atoms with Gasteiger partial charge in [0.25, 0.3) is 5.91 Å². The lowest BCUT2D eigenvalue weighted by molar-refractivity contribution is -0.274. The van der Waals surface area contributed by atoms with Crippen molar-refractivity contribution in [3.63, 3.8) is 0 Å². The SMILES string of the molecule is C=CCn1nc(C(=O)N2CCCC2)c2c1CC[C@H](NCc1ccccc1OC(F)(F)F)C2. The molecule has 9 heteroatoms. The third kappa shape index (κ3) is 4.98. The van der Waals surface area contributed by atoms with Crippen molar-refractivity contribution in [2.45, 2.75) is 57.6 Å². The number of allylic oxidation sites excluding steroid dienone is 1. The van der Waals surface area contributed by atoms with Crippen LogP contribution in [0.1, 0.15) is 46.6 Å². The Labute approximate surface area is 185 Å². The number of benzene rings is 1. The Morgan fingerprint density at radius 2 is 2.03 bits per heavy atom. The van der Waals surface area contributed by atoms with Crippen molar-refractivity contribution < 1.29 is 22.7 Å². The highest BCUT2D eigenvalue weighted by Crippen LogP contribution is 2.29. The van der Waals surface area contributed by atoms with Crippen molar-refractivity contribution in [2.75, 3.05) is 13.1 Å². The van der Waals surface area contributed by atoms with Gasteiger partial charge in [-0.15, -0.1) is 19.8 Å². The molecule has 172 valence electrons. The zero-order valence-electron chi connectivity index (χ0n) is 17.8. The van der Waals surface area contributed by atoms with Gasteiger partial charge in [0.15, 0.2) is 5.69 Å². The predicted molar refractivity (Wildman–Crippen MR) is 113 cm³/mol. The smallest absolute Gasteiger partial charge is 0.405 e. The summed E-state index contributed by atoms with van der Waals surface area (Å²) in [5.74, 6) is -0.237. The number of hydrogen-bond acceptors (Lipinski definition) is 4. The van der Waals surface area contributed by atoms with Crippen LogP contribution in [0.15, 0.2) is 36.9 Å². The molecule has 1 atom stereocenters. The van der Waals surface area contributed by atoms with E-state index >= 15 is 0 Å². The highest BCUT2D eigenvalue weighted by Gasteiger charge is 2.33. The van der Waals surface area contributed by atoms with E-state index in [0.717, 1.165) is 50.0 Å². The average molecular weight is 448 g/mol. The van der Waals surface area contributed by atoms with Crippen LogP contribution >= 0.6 is 0 Å². The van der Waals surface area contributed by atoms with Crippen molar-refractivity contribution >= 4 is 5.91 Å². The Morgan fingerprint density at radius 1 is 1.28 bits per heavy atom. The maximum Gasteiger partial charge on any atom is 0.573 e. The third-order valence-electron chi connectivity index (χ3n) is 6.02. The highest BCUT2D eigenvalue weighted by atomic mass is 19.4. The quantitative estimate of drug-likeness (QED) is 0.654. The lowest BCUT2D eigenvalue weighted by atomic mass is 9.91. The van der Waals surface area contributed by atoms with Crippen molar-refractivity contribution in [2.24, 2.45) is 0 Å². The number of rotatable bonds is 7. The highest BCUT2D eigenvalue weighted by molar-refractivity contribution is 5.94. The summed E-state index contributed by atoms with van der Waals surface area (Å²) < 4.78 is 44.1. The number of carbonyl (C=O) groups is 1. The summed E-state index contributed by atoms with van der Waals surface area (Å²) in [5.41, 5.74) is 2.92. The molecule has 2 aliphatic rings. The molecule has 0 spiro atoms. The number of carbonyl (C=O) groups excluding carboxylic acids is 1. The molecule has 1 saturated heterocycles. The molecule has 2 aromatic rings. The summed E-state index contributed by atoms with van der Waals surface area (Å²) >= 11 is 0. The molecule has 0 saturated carbocycles. The number of likely N-dealkylation sites (tertiary alicyclic amines) is 1. The van der Waals surface area contributed by atoms with Gasteiger partial charge >= 0.3 is 6.36 Å². The number of ether oxygens (including phenoxy) is 1. The molecular weight excluding hydrogens is 421 g/mol. The molecule has 0 unspecified atom stereocenters. The molecule has 2 heterocycles. The monoisotopic (exact) mass is 448 g/mol. The fourth-order valence-corrected chi connectivity index (χ4v) is 4.51. The van der Waals surface area contributed by atoms with Gasteiger partial charge in [-0.2, -0.15) is 5.10 Å². The van der Waals surface area contributed by atoms with E-state index in [2.05, 4.69) is 21.7 Å². The van der Waals surface area contributed by atoms with Crippen LogP contribution < -0.4 is 10.1 Å². The van der Waals surface area contributed by atoms with E-state index in [0.29, 0.717) is 24.2 Å². The van der Waals surface area contributed by atoms with Gasteiger partial charge in [-0.25, -0.2) is 0 Å². The molecule has 1 aromatic heterocycles. The maximum atomic E-state index is 13.1. The van der Waals surface area contributed by atoms with Crippen molar-refractivity contribution in [3.05, 3.63) is 59.4 Å².